The van der Waals surface area contributed by atoms with Crippen molar-refractivity contribution in [2.75, 3.05) is 38.3 Å². The van der Waals surface area contributed by atoms with Crippen LogP contribution < -0.4 is 14.8 Å². The summed E-state index contributed by atoms with van der Waals surface area (Å²) in [6.07, 6.45) is 4.65. The fourth-order valence-electron chi connectivity index (χ4n) is 4.64. The molecule has 0 radical (unpaired) electrons. The maximum Gasteiger partial charge on any atom is 0.253 e. The summed E-state index contributed by atoms with van der Waals surface area (Å²) in [7, 11) is 0. The van der Waals surface area contributed by atoms with E-state index in [9.17, 15) is 4.79 Å². The molecule has 5 rings (SSSR count). The number of nitrogens with zero attached hydrogens (tertiary/aromatic N) is 2. The number of carbonyl (C=O) groups excluding carboxylic acids is 1. The molecule has 2 saturated heterocycles. The lowest BCUT2D eigenvalue weighted by Crippen LogP contribution is -2.45. The second kappa shape index (κ2) is 8.56. The molecule has 6 heteroatoms. The summed E-state index contributed by atoms with van der Waals surface area (Å²) >= 11 is 0. The zero-order valence-electron chi connectivity index (χ0n) is 17.3. The minimum absolute atomic E-state index is 0.125. The highest BCUT2D eigenvalue weighted by atomic mass is 16.7. The van der Waals surface area contributed by atoms with Crippen molar-refractivity contribution in [3.05, 3.63) is 53.6 Å². The Labute approximate surface area is 177 Å². The van der Waals surface area contributed by atoms with Gasteiger partial charge in [-0.1, -0.05) is 12.1 Å². The van der Waals surface area contributed by atoms with E-state index in [2.05, 4.69) is 22.3 Å². The van der Waals surface area contributed by atoms with E-state index >= 15 is 0 Å². The topological polar surface area (TPSA) is 54.0 Å². The summed E-state index contributed by atoms with van der Waals surface area (Å²) in [5.74, 6) is 1.69. The minimum atomic E-state index is 0.125. The number of carbonyl (C=O) groups is 1. The van der Waals surface area contributed by atoms with Crippen LogP contribution in [0.2, 0.25) is 0 Å². The van der Waals surface area contributed by atoms with Gasteiger partial charge in [-0.3, -0.25) is 9.69 Å². The lowest BCUT2D eigenvalue weighted by molar-refractivity contribution is 0.0715. The molecule has 1 atom stereocenters. The van der Waals surface area contributed by atoms with Crippen molar-refractivity contribution >= 4 is 11.6 Å². The monoisotopic (exact) mass is 407 g/mol. The van der Waals surface area contributed by atoms with E-state index < -0.39 is 0 Å². The summed E-state index contributed by atoms with van der Waals surface area (Å²) in [4.78, 5) is 17.5. The average molecular weight is 408 g/mol. The van der Waals surface area contributed by atoms with Crippen LogP contribution in [0.5, 0.6) is 11.5 Å². The van der Waals surface area contributed by atoms with Crippen LogP contribution in [0.1, 0.15) is 41.6 Å². The van der Waals surface area contributed by atoms with Gasteiger partial charge in [-0.2, -0.15) is 0 Å². The van der Waals surface area contributed by atoms with Crippen molar-refractivity contribution < 1.29 is 14.3 Å². The van der Waals surface area contributed by atoms with Gasteiger partial charge < -0.3 is 19.7 Å². The number of amides is 1. The van der Waals surface area contributed by atoms with E-state index in [4.69, 9.17) is 9.47 Å². The molecule has 158 valence electrons. The first-order chi connectivity index (χ1) is 14.7. The zero-order valence-corrected chi connectivity index (χ0v) is 17.3. The second-order valence-corrected chi connectivity index (χ2v) is 8.48. The van der Waals surface area contributed by atoms with Gasteiger partial charge in [0.25, 0.3) is 5.91 Å². The molecule has 3 heterocycles. The predicted molar refractivity (Wildman–Crippen MR) is 116 cm³/mol. The second-order valence-electron chi connectivity index (χ2n) is 8.48. The molecule has 0 aromatic heterocycles. The fourth-order valence-corrected chi connectivity index (χ4v) is 4.64. The van der Waals surface area contributed by atoms with Crippen LogP contribution in [-0.2, 0) is 6.54 Å². The molecule has 0 saturated carbocycles. The smallest absolute Gasteiger partial charge is 0.253 e. The van der Waals surface area contributed by atoms with Gasteiger partial charge in [0.15, 0.2) is 11.5 Å². The number of likely N-dealkylation sites (tertiary alicyclic amines) is 2. The predicted octanol–water partition coefficient (Wildman–Crippen LogP) is 3.73. The SMILES string of the molecule is O=C(c1ccc(CN2CCCC2)cc1)N1CCCC(Nc2ccc3c(c2)OCO3)C1. The van der Waals surface area contributed by atoms with Crippen molar-refractivity contribution in [2.45, 2.75) is 38.3 Å². The number of ether oxygens (including phenoxy) is 2. The largest absolute Gasteiger partial charge is 0.454 e. The van der Waals surface area contributed by atoms with Gasteiger partial charge in [0, 0.05) is 43.0 Å². The highest BCUT2D eigenvalue weighted by molar-refractivity contribution is 5.94. The van der Waals surface area contributed by atoms with E-state index in [0.29, 0.717) is 6.54 Å². The number of hydrogen-bond donors (Lipinski definition) is 1. The Morgan fingerprint density at radius 1 is 0.967 bits per heavy atom. The Hall–Kier alpha value is -2.73. The van der Waals surface area contributed by atoms with Crippen LogP contribution >= 0.6 is 0 Å². The Balaban J connectivity index is 1.19. The van der Waals surface area contributed by atoms with Crippen LogP contribution in [0, 0.1) is 0 Å². The minimum Gasteiger partial charge on any atom is -0.454 e. The molecule has 1 amide bonds. The van der Waals surface area contributed by atoms with Crippen LogP contribution in [0.15, 0.2) is 42.5 Å². The maximum atomic E-state index is 13.1. The van der Waals surface area contributed by atoms with E-state index in [0.717, 1.165) is 48.7 Å². The zero-order chi connectivity index (χ0) is 20.3. The summed E-state index contributed by atoms with van der Waals surface area (Å²) < 4.78 is 10.8. The first kappa shape index (κ1) is 19.2. The number of anilines is 1. The van der Waals surface area contributed by atoms with Gasteiger partial charge in [-0.05, 0) is 68.6 Å². The van der Waals surface area contributed by atoms with Crippen molar-refractivity contribution in [3.63, 3.8) is 0 Å². The molecular formula is C24H29N3O3. The Morgan fingerprint density at radius 3 is 2.60 bits per heavy atom. The molecule has 1 N–H and O–H groups in total. The average Bonchev–Trinajstić information content (AvgIpc) is 3.45. The third-order valence-corrected chi connectivity index (χ3v) is 6.26. The Kier molecular flexibility index (Phi) is 5.49. The van der Waals surface area contributed by atoms with Crippen molar-refractivity contribution in [1.29, 1.82) is 0 Å². The Morgan fingerprint density at radius 2 is 1.77 bits per heavy atom. The third kappa shape index (κ3) is 4.24. The van der Waals surface area contributed by atoms with Gasteiger partial charge in [0.05, 0.1) is 0 Å². The molecule has 3 aliphatic rings. The summed E-state index contributed by atoms with van der Waals surface area (Å²) in [6.45, 7) is 5.16. The molecule has 30 heavy (non-hydrogen) atoms. The molecule has 0 spiro atoms. The molecule has 0 aliphatic carbocycles. The molecular weight excluding hydrogens is 378 g/mol. The third-order valence-electron chi connectivity index (χ3n) is 6.26. The van der Waals surface area contributed by atoms with Gasteiger partial charge in [0.2, 0.25) is 6.79 Å². The van der Waals surface area contributed by atoms with E-state index in [1.165, 1.54) is 31.5 Å². The van der Waals surface area contributed by atoms with Crippen LogP contribution in [-0.4, -0.2) is 54.7 Å². The van der Waals surface area contributed by atoms with E-state index in [-0.39, 0.29) is 18.7 Å². The first-order valence-electron chi connectivity index (χ1n) is 11.0. The molecule has 2 fully saturated rings. The quantitative estimate of drug-likeness (QED) is 0.819. The number of fused-ring (bicyclic) bond motifs is 1. The number of piperidine rings is 1. The van der Waals surface area contributed by atoms with Crippen LogP contribution in [0.4, 0.5) is 5.69 Å². The summed E-state index contributed by atoms with van der Waals surface area (Å²) in [5.41, 5.74) is 3.07. The number of nitrogens with one attached hydrogen (secondary N) is 1. The van der Waals surface area contributed by atoms with Gasteiger partial charge in [-0.25, -0.2) is 0 Å². The van der Waals surface area contributed by atoms with Crippen molar-refractivity contribution in [3.8, 4) is 11.5 Å². The molecule has 2 aromatic carbocycles. The van der Waals surface area contributed by atoms with Gasteiger partial charge >= 0.3 is 0 Å². The van der Waals surface area contributed by atoms with Gasteiger partial charge in [-0.15, -0.1) is 0 Å². The van der Waals surface area contributed by atoms with Crippen LogP contribution in [0.3, 0.4) is 0 Å². The highest BCUT2D eigenvalue weighted by Crippen LogP contribution is 2.34. The Bertz CT molecular complexity index is 893. The van der Waals surface area contributed by atoms with Crippen LogP contribution in [0.25, 0.3) is 0 Å². The van der Waals surface area contributed by atoms with E-state index in [1.807, 2.05) is 35.2 Å². The molecule has 3 aliphatic heterocycles. The van der Waals surface area contributed by atoms with Gasteiger partial charge in [0.1, 0.15) is 0 Å². The molecule has 0 bridgehead atoms. The molecule has 6 nitrogen and oxygen atoms in total. The summed E-state index contributed by atoms with van der Waals surface area (Å²) in [6, 6.07) is 14.3. The normalized spacial score (nSPS) is 21.1. The summed E-state index contributed by atoms with van der Waals surface area (Å²) in [5, 5.41) is 3.56. The standard InChI is InChI=1S/C24H29N3O3/c28-24(19-7-5-18(6-8-19)15-26-11-1-2-12-26)27-13-3-4-21(16-27)25-20-9-10-22-23(14-20)30-17-29-22/h5-10,14,21,25H,1-4,11-13,15-17H2. The van der Waals surface area contributed by atoms with Crippen molar-refractivity contribution in [2.24, 2.45) is 0 Å². The fraction of sp³-hybridized carbons (Fsp3) is 0.458. The maximum absolute atomic E-state index is 13.1. The highest BCUT2D eigenvalue weighted by Gasteiger charge is 2.25. The molecule has 1 unspecified atom stereocenters. The number of hydrogen-bond acceptors (Lipinski definition) is 5. The van der Waals surface area contributed by atoms with E-state index in [1.54, 1.807) is 0 Å². The lowest BCUT2D eigenvalue weighted by atomic mass is 10.0. The number of benzene rings is 2. The lowest BCUT2D eigenvalue weighted by Gasteiger charge is -2.34. The van der Waals surface area contributed by atoms with Crippen molar-refractivity contribution in [1.82, 2.24) is 9.80 Å². The molecule has 2 aromatic rings. The number of rotatable bonds is 5. The first-order valence-corrected chi connectivity index (χ1v) is 11.0.